The summed E-state index contributed by atoms with van der Waals surface area (Å²) in [5.74, 6) is 0.691. The zero-order valence-corrected chi connectivity index (χ0v) is 9.40. The first kappa shape index (κ1) is 10.9. The van der Waals surface area contributed by atoms with Gasteiger partial charge in [-0.2, -0.15) is 0 Å². The number of amides is 1. The van der Waals surface area contributed by atoms with Gasteiger partial charge >= 0.3 is 0 Å². The van der Waals surface area contributed by atoms with E-state index < -0.39 is 0 Å². The number of hydrogen-bond donors (Lipinski definition) is 1. The van der Waals surface area contributed by atoms with Crippen LogP contribution in [-0.2, 0) is 9.63 Å². The fourth-order valence-electron chi connectivity index (χ4n) is 2.12. The molecule has 2 aliphatic rings. The molecule has 15 heavy (non-hydrogen) atoms. The minimum Gasteiger partial charge on any atom is -0.396 e. The Morgan fingerprint density at radius 1 is 1.67 bits per heavy atom. The molecule has 2 rings (SSSR count). The second kappa shape index (κ2) is 3.76. The van der Waals surface area contributed by atoms with Gasteiger partial charge in [-0.25, -0.2) is 5.06 Å². The van der Waals surface area contributed by atoms with Crippen molar-refractivity contribution in [2.45, 2.75) is 38.7 Å². The number of carbonyl (C=O) groups is 1. The van der Waals surface area contributed by atoms with Gasteiger partial charge in [-0.05, 0) is 31.6 Å². The fraction of sp³-hybridized carbons (Fsp3) is 0.909. The summed E-state index contributed by atoms with van der Waals surface area (Å²) in [6.45, 7) is 4.51. The molecule has 86 valence electrons. The van der Waals surface area contributed by atoms with E-state index in [1.807, 2.05) is 13.8 Å². The van der Waals surface area contributed by atoms with E-state index in [4.69, 9.17) is 9.94 Å². The lowest BCUT2D eigenvalue weighted by molar-refractivity contribution is -0.204. The molecule has 1 saturated heterocycles. The van der Waals surface area contributed by atoms with Gasteiger partial charge < -0.3 is 5.11 Å². The molecule has 1 amide bonds. The molecule has 0 radical (unpaired) electrons. The average Bonchev–Trinajstić information content (AvgIpc) is 2.96. The first-order valence-corrected chi connectivity index (χ1v) is 5.65. The summed E-state index contributed by atoms with van der Waals surface area (Å²) in [6.07, 6.45) is 2.84. The fourth-order valence-corrected chi connectivity index (χ4v) is 2.12. The summed E-state index contributed by atoms with van der Waals surface area (Å²) >= 11 is 0. The van der Waals surface area contributed by atoms with Crippen molar-refractivity contribution < 1.29 is 14.7 Å². The number of hydroxylamine groups is 2. The molecule has 4 heteroatoms. The topological polar surface area (TPSA) is 49.8 Å². The molecular formula is C11H19NO3. The highest BCUT2D eigenvalue weighted by Crippen LogP contribution is 2.47. The number of hydrogen-bond acceptors (Lipinski definition) is 3. The second-order valence-corrected chi connectivity index (χ2v) is 5.10. The van der Waals surface area contributed by atoms with E-state index in [0.29, 0.717) is 18.9 Å². The number of rotatable bonds is 4. The van der Waals surface area contributed by atoms with Gasteiger partial charge in [-0.3, -0.25) is 9.63 Å². The third-order valence-electron chi connectivity index (χ3n) is 3.33. The van der Waals surface area contributed by atoms with E-state index in [9.17, 15) is 4.79 Å². The smallest absolute Gasteiger partial charge is 0.249 e. The van der Waals surface area contributed by atoms with Gasteiger partial charge in [0.05, 0.1) is 13.0 Å². The summed E-state index contributed by atoms with van der Waals surface area (Å²) in [7, 11) is 0. The number of aliphatic hydroxyl groups excluding tert-OH is 1. The minimum atomic E-state index is -0.272. The van der Waals surface area contributed by atoms with Gasteiger partial charge in [0.15, 0.2) is 0 Å². The predicted octanol–water partition coefficient (Wildman–Crippen LogP) is 0.947. The van der Waals surface area contributed by atoms with Crippen molar-refractivity contribution in [1.29, 1.82) is 0 Å². The number of carbonyl (C=O) groups excluding carboxylic acids is 1. The SMILES string of the molecule is CC(CO)CN1OC(C)(C2CC2)CC1=O. The van der Waals surface area contributed by atoms with E-state index in [0.717, 1.165) is 0 Å². The number of nitrogens with zero attached hydrogens (tertiary/aromatic N) is 1. The molecule has 1 aliphatic carbocycles. The monoisotopic (exact) mass is 213 g/mol. The highest BCUT2D eigenvalue weighted by molar-refractivity contribution is 5.78. The third-order valence-corrected chi connectivity index (χ3v) is 3.33. The van der Waals surface area contributed by atoms with Gasteiger partial charge in [0.1, 0.15) is 5.60 Å². The maximum Gasteiger partial charge on any atom is 0.249 e. The zero-order chi connectivity index (χ0) is 11.1. The van der Waals surface area contributed by atoms with Crippen LogP contribution in [0.3, 0.4) is 0 Å². The van der Waals surface area contributed by atoms with Gasteiger partial charge in [0.25, 0.3) is 0 Å². The molecule has 2 fully saturated rings. The van der Waals surface area contributed by atoms with Crippen molar-refractivity contribution in [3.05, 3.63) is 0 Å². The number of aliphatic hydroxyl groups is 1. The standard InChI is InChI=1S/C11H19NO3/c1-8(7-13)6-12-10(14)5-11(2,15-12)9-3-4-9/h8-9,13H,3-7H2,1-2H3. The predicted molar refractivity (Wildman–Crippen MR) is 54.8 cm³/mol. The first-order valence-electron chi connectivity index (χ1n) is 5.65. The average molecular weight is 213 g/mol. The van der Waals surface area contributed by atoms with Crippen LogP contribution in [0.4, 0.5) is 0 Å². The molecular weight excluding hydrogens is 194 g/mol. The zero-order valence-electron chi connectivity index (χ0n) is 9.40. The molecule has 0 bridgehead atoms. The summed E-state index contributed by atoms with van der Waals surface area (Å²) < 4.78 is 0. The molecule has 2 atom stereocenters. The van der Waals surface area contributed by atoms with Crippen molar-refractivity contribution in [3.8, 4) is 0 Å². The second-order valence-electron chi connectivity index (χ2n) is 5.10. The Kier molecular flexibility index (Phi) is 2.73. The van der Waals surface area contributed by atoms with Gasteiger partial charge in [-0.1, -0.05) is 6.92 Å². The van der Waals surface area contributed by atoms with Crippen molar-refractivity contribution in [2.24, 2.45) is 11.8 Å². The molecule has 0 aromatic heterocycles. The van der Waals surface area contributed by atoms with Crippen LogP contribution >= 0.6 is 0 Å². The Hall–Kier alpha value is -0.610. The lowest BCUT2D eigenvalue weighted by Crippen LogP contribution is -2.33. The normalized spacial score (nSPS) is 33.5. The summed E-state index contributed by atoms with van der Waals surface area (Å²) in [5.41, 5.74) is -0.272. The molecule has 2 unspecified atom stereocenters. The van der Waals surface area contributed by atoms with Crippen LogP contribution in [0.25, 0.3) is 0 Å². The van der Waals surface area contributed by atoms with E-state index in [1.165, 1.54) is 17.9 Å². The van der Waals surface area contributed by atoms with Crippen LogP contribution < -0.4 is 0 Å². The van der Waals surface area contributed by atoms with Crippen molar-refractivity contribution >= 4 is 5.91 Å². The summed E-state index contributed by atoms with van der Waals surface area (Å²) in [6, 6.07) is 0. The molecule has 1 aliphatic heterocycles. The van der Waals surface area contributed by atoms with Crippen LogP contribution in [0.15, 0.2) is 0 Å². The molecule has 0 aromatic carbocycles. The Morgan fingerprint density at radius 3 is 2.87 bits per heavy atom. The van der Waals surface area contributed by atoms with Gasteiger partial charge in [0.2, 0.25) is 5.91 Å². The third kappa shape index (κ3) is 2.16. The highest BCUT2D eigenvalue weighted by atomic mass is 16.7. The Morgan fingerprint density at radius 2 is 2.33 bits per heavy atom. The Bertz CT molecular complexity index is 265. The maximum atomic E-state index is 11.7. The lowest BCUT2D eigenvalue weighted by atomic mass is 9.97. The Labute approximate surface area is 90.2 Å². The maximum absolute atomic E-state index is 11.7. The molecule has 1 heterocycles. The summed E-state index contributed by atoms with van der Waals surface area (Å²) in [5, 5.41) is 10.4. The van der Waals surface area contributed by atoms with E-state index in [2.05, 4.69) is 0 Å². The van der Waals surface area contributed by atoms with Crippen LogP contribution in [0.2, 0.25) is 0 Å². The van der Waals surface area contributed by atoms with Crippen LogP contribution in [-0.4, -0.2) is 34.8 Å². The molecule has 0 spiro atoms. The Balaban J connectivity index is 1.94. The quantitative estimate of drug-likeness (QED) is 0.756. The van der Waals surface area contributed by atoms with Crippen molar-refractivity contribution in [2.75, 3.05) is 13.2 Å². The molecule has 1 saturated carbocycles. The van der Waals surface area contributed by atoms with E-state index in [-0.39, 0.29) is 24.0 Å². The van der Waals surface area contributed by atoms with Crippen LogP contribution in [0.5, 0.6) is 0 Å². The van der Waals surface area contributed by atoms with Crippen LogP contribution in [0, 0.1) is 11.8 Å². The highest BCUT2D eigenvalue weighted by Gasteiger charge is 2.51. The molecule has 4 nitrogen and oxygen atoms in total. The van der Waals surface area contributed by atoms with E-state index >= 15 is 0 Å². The lowest BCUT2D eigenvalue weighted by Gasteiger charge is -2.25. The first-order chi connectivity index (χ1) is 7.05. The van der Waals surface area contributed by atoms with Crippen LogP contribution in [0.1, 0.15) is 33.1 Å². The van der Waals surface area contributed by atoms with Gasteiger partial charge in [0, 0.05) is 6.61 Å². The van der Waals surface area contributed by atoms with Crippen molar-refractivity contribution in [1.82, 2.24) is 5.06 Å². The largest absolute Gasteiger partial charge is 0.396 e. The minimum absolute atomic E-state index is 0.0599. The molecule has 1 N–H and O–H groups in total. The molecule has 0 aromatic rings. The summed E-state index contributed by atoms with van der Waals surface area (Å²) in [4.78, 5) is 17.4. The van der Waals surface area contributed by atoms with Crippen molar-refractivity contribution in [3.63, 3.8) is 0 Å². The van der Waals surface area contributed by atoms with Gasteiger partial charge in [-0.15, -0.1) is 0 Å². The van der Waals surface area contributed by atoms with E-state index in [1.54, 1.807) is 0 Å².